The van der Waals surface area contributed by atoms with Crippen LogP contribution in [0.2, 0.25) is 0 Å². The summed E-state index contributed by atoms with van der Waals surface area (Å²) in [5, 5.41) is 0. The van der Waals surface area contributed by atoms with Crippen LogP contribution >= 0.6 is 0 Å². The monoisotopic (exact) mass is 279 g/mol. The fourth-order valence-corrected chi connectivity index (χ4v) is 4.75. The molecule has 0 saturated heterocycles. The average molecular weight is 279 g/mol. The molecule has 4 atom stereocenters. The van der Waals surface area contributed by atoms with Gasteiger partial charge in [0.2, 0.25) is 0 Å². The number of hydrogen-bond acceptors (Lipinski definition) is 1. The van der Waals surface area contributed by atoms with Crippen LogP contribution in [0.4, 0.5) is 0 Å². The van der Waals surface area contributed by atoms with Crippen molar-refractivity contribution in [3.63, 3.8) is 0 Å². The Morgan fingerprint density at radius 1 is 0.952 bits per heavy atom. The van der Waals surface area contributed by atoms with E-state index in [9.17, 15) is 0 Å². The summed E-state index contributed by atoms with van der Waals surface area (Å²) >= 11 is 0. The van der Waals surface area contributed by atoms with E-state index in [1.54, 1.807) is 0 Å². The highest BCUT2D eigenvalue weighted by Crippen LogP contribution is 2.47. The third-order valence-corrected chi connectivity index (χ3v) is 5.87. The average Bonchev–Trinajstić information content (AvgIpc) is 3.08. The zero-order chi connectivity index (χ0) is 14.4. The Morgan fingerprint density at radius 2 is 1.57 bits per heavy atom. The number of nitrogens with zero attached hydrogens (tertiary/aromatic N) is 1. The van der Waals surface area contributed by atoms with Crippen LogP contribution in [0, 0.1) is 23.7 Å². The maximum absolute atomic E-state index is 2.73. The summed E-state index contributed by atoms with van der Waals surface area (Å²) in [4.78, 5) is 2.73. The van der Waals surface area contributed by atoms with Crippen LogP contribution in [0.15, 0.2) is 48.6 Å². The first-order chi connectivity index (χ1) is 10.2. The van der Waals surface area contributed by atoms with E-state index in [-0.39, 0.29) is 0 Å². The normalized spacial score (nSPS) is 34.4. The zero-order valence-electron chi connectivity index (χ0n) is 13.1. The van der Waals surface area contributed by atoms with Crippen LogP contribution in [0.25, 0.3) is 0 Å². The van der Waals surface area contributed by atoms with E-state index >= 15 is 0 Å². The van der Waals surface area contributed by atoms with E-state index in [0.717, 1.165) is 42.8 Å². The predicted molar refractivity (Wildman–Crippen MR) is 87.7 cm³/mol. The molecule has 0 aromatic heterocycles. The lowest BCUT2D eigenvalue weighted by Crippen LogP contribution is -2.34. The number of hydrogen-bond donors (Lipinski definition) is 0. The Balaban J connectivity index is 1.59. The molecule has 1 aromatic rings. The van der Waals surface area contributed by atoms with Crippen LogP contribution < -0.4 is 0 Å². The molecule has 110 valence electrons. The van der Waals surface area contributed by atoms with Gasteiger partial charge < -0.3 is 0 Å². The molecule has 0 spiro atoms. The summed E-state index contributed by atoms with van der Waals surface area (Å²) in [6.07, 6.45) is 10.8. The van der Waals surface area contributed by atoms with Crippen molar-refractivity contribution in [3.05, 3.63) is 59.7 Å². The molecule has 21 heavy (non-hydrogen) atoms. The third kappa shape index (κ3) is 2.19. The van der Waals surface area contributed by atoms with Crippen LogP contribution in [-0.2, 0) is 13.1 Å². The van der Waals surface area contributed by atoms with Gasteiger partial charge in [0, 0.05) is 19.1 Å². The van der Waals surface area contributed by atoms with Gasteiger partial charge in [0.25, 0.3) is 0 Å². The molecular formula is C20H25N. The van der Waals surface area contributed by atoms with Gasteiger partial charge in [-0.1, -0.05) is 62.4 Å². The summed E-state index contributed by atoms with van der Waals surface area (Å²) in [5.74, 6) is 3.09. The highest BCUT2D eigenvalue weighted by atomic mass is 15.2. The Kier molecular flexibility index (Phi) is 3.26. The largest absolute Gasteiger partial charge is 0.291 e. The first-order valence-corrected chi connectivity index (χ1v) is 8.40. The third-order valence-electron chi connectivity index (χ3n) is 5.87. The van der Waals surface area contributed by atoms with E-state index in [1.165, 1.54) is 17.5 Å². The molecule has 1 aliphatic heterocycles. The number of benzene rings is 1. The van der Waals surface area contributed by atoms with E-state index in [2.05, 4.69) is 67.3 Å². The van der Waals surface area contributed by atoms with Crippen molar-refractivity contribution in [2.24, 2.45) is 23.7 Å². The maximum Gasteiger partial charge on any atom is 0.0243 e. The van der Waals surface area contributed by atoms with Gasteiger partial charge in [-0.2, -0.15) is 0 Å². The minimum atomic E-state index is 0.719. The second kappa shape index (κ2) is 5.14. The Labute approximate surface area is 128 Å². The van der Waals surface area contributed by atoms with Crippen LogP contribution in [0.1, 0.15) is 31.4 Å². The molecule has 1 heterocycles. The molecule has 0 bridgehead atoms. The molecule has 0 radical (unpaired) electrons. The summed E-state index contributed by atoms with van der Waals surface area (Å²) in [6.45, 7) is 7.09. The minimum absolute atomic E-state index is 0.719. The summed E-state index contributed by atoms with van der Waals surface area (Å²) in [7, 11) is 0. The maximum atomic E-state index is 2.73. The van der Waals surface area contributed by atoms with Gasteiger partial charge in [0.1, 0.15) is 0 Å². The molecule has 0 N–H and O–H groups in total. The molecular weight excluding hydrogens is 254 g/mol. The molecule has 2 aliphatic carbocycles. The van der Waals surface area contributed by atoms with Gasteiger partial charge in [-0.25, -0.2) is 0 Å². The lowest BCUT2D eigenvalue weighted by molar-refractivity contribution is 0.170. The van der Waals surface area contributed by atoms with Crippen molar-refractivity contribution in [3.8, 4) is 0 Å². The highest BCUT2D eigenvalue weighted by molar-refractivity contribution is 5.31. The van der Waals surface area contributed by atoms with Gasteiger partial charge in [-0.3, -0.25) is 4.90 Å². The van der Waals surface area contributed by atoms with E-state index in [1.807, 2.05) is 0 Å². The van der Waals surface area contributed by atoms with Crippen molar-refractivity contribution in [1.82, 2.24) is 4.90 Å². The first-order valence-electron chi connectivity index (χ1n) is 8.40. The van der Waals surface area contributed by atoms with Crippen molar-refractivity contribution in [2.75, 3.05) is 0 Å². The summed E-state index contributed by atoms with van der Waals surface area (Å²) in [5.41, 5.74) is 3.08. The van der Waals surface area contributed by atoms with Gasteiger partial charge in [-0.15, -0.1) is 0 Å². The molecule has 1 heteroatoms. The number of rotatable bonds is 2. The fraction of sp³-hybridized carbons (Fsp3) is 0.500. The Hall–Kier alpha value is -1.34. The Bertz CT molecular complexity index is 558. The van der Waals surface area contributed by atoms with Gasteiger partial charge in [0.05, 0.1) is 0 Å². The second-order valence-electron chi connectivity index (χ2n) is 7.31. The second-order valence-corrected chi connectivity index (χ2v) is 7.31. The van der Waals surface area contributed by atoms with Crippen LogP contribution in [-0.4, -0.2) is 10.9 Å². The molecule has 1 fully saturated rings. The minimum Gasteiger partial charge on any atom is -0.291 e. The first kappa shape index (κ1) is 13.3. The molecule has 3 aliphatic rings. The Morgan fingerprint density at radius 3 is 2.19 bits per heavy atom. The summed E-state index contributed by atoms with van der Waals surface area (Å²) in [6, 6.07) is 9.69. The van der Waals surface area contributed by atoms with Gasteiger partial charge in [0.15, 0.2) is 0 Å². The standard InChI is InChI=1S/C20H25N/c1-14(2)19-11-20(18-10-6-5-9-17(18)19)21-12-15-7-3-4-8-16(15)13-21/h3-10,14,17-20H,11-13H2,1-2H3. The van der Waals surface area contributed by atoms with Gasteiger partial charge in [-0.05, 0) is 41.2 Å². The van der Waals surface area contributed by atoms with Crippen LogP contribution in [0.3, 0.4) is 0 Å². The summed E-state index contributed by atoms with van der Waals surface area (Å²) < 4.78 is 0. The number of fused-ring (bicyclic) bond motifs is 2. The zero-order valence-corrected chi connectivity index (χ0v) is 13.1. The quantitative estimate of drug-likeness (QED) is 0.775. The smallest absolute Gasteiger partial charge is 0.0243 e. The molecule has 1 saturated carbocycles. The van der Waals surface area contributed by atoms with Gasteiger partial charge >= 0.3 is 0 Å². The van der Waals surface area contributed by atoms with E-state index in [4.69, 9.17) is 0 Å². The molecule has 4 unspecified atom stereocenters. The molecule has 4 rings (SSSR count). The molecule has 1 aromatic carbocycles. The molecule has 1 nitrogen and oxygen atoms in total. The lowest BCUT2D eigenvalue weighted by Gasteiger charge is -2.30. The lowest BCUT2D eigenvalue weighted by atomic mass is 9.80. The van der Waals surface area contributed by atoms with Crippen molar-refractivity contribution >= 4 is 0 Å². The van der Waals surface area contributed by atoms with Crippen LogP contribution in [0.5, 0.6) is 0 Å². The van der Waals surface area contributed by atoms with E-state index < -0.39 is 0 Å². The van der Waals surface area contributed by atoms with Crippen molar-refractivity contribution in [1.29, 1.82) is 0 Å². The predicted octanol–water partition coefficient (Wildman–Crippen LogP) is 4.41. The fourth-order valence-electron chi connectivity index (χ4n) is 4.75. The van der Waals surface area contributed by atoms with Crippen molar-refractivity contribution < 1.29 is 0 Å². The SMILES string of the molecule is CC(C)C1CC(N2Cc3ccccc3C2)C2C=CC=CC21. The highest BCUT2D eigenvalue weighted by Gasteiger charge is 2.45. The van der Waals surface area contributed by atoms with E-state index in [0.29, 0.717) is 0 Å². The topological polar surface area (TPSA) is 3.24 Å². The molecule has 0 amide bonds. The van der Waals surface area contributed by atoms with Crippen molar-refractivity contribution in [2.45, 2.75) is 39.4 Å². The number of allylic oxidation sites excluding steroid dienone is 3.